The van der Waals surface area contributed by atoms with Crippen LogP contribution in [0, 0.1) is 11.7 Å². The Morgan fingerprint density at radius 1 is 1.33 bits per heavy atom. The van der Waals surface area contributed by atoms with Crippen LogP contribution in [0.25, 0.3) is 11.3 Å². The van der Waals surface area contributed by atoms with Crippen LogP contribution < -0.4 is 5.32 Å². The van der Waals surface area contributed by atoms with E-state index in [1.807, 2.05) is 7.05 Å². The van der Waals surface area contributed by atoms with Crippen molar-refractivity contribution in [2.45, 2.75) is 38.0 Å². The van der Waals surface area contributed by atoms with Gasteiger partial charge in [0.2, 0.25) is 5.91 Å². The Kier molecular flexibility index (Phi) is 5.22. The smallest absolute Gasteiger partial charge is 0.225 e. The second kappa shape index (κ2) is 7.78. The molecule has 1 saturated carbocycles. The van der Waals surface area contributed by atoms with Crippen molar-refractivity contribution < 1.29 is 13.9 Å². The lowest BCUT2D eigenvalue weighted by Crippen LogP contribution is -2.53. The maximum Gasteiger partial charge on any atom is 0.225 e. The molecular weight excluding hydrogens is 347 g/mol. The lowest BCUT2D eigenvalue weighted by atomic mass is 9.82. The minimum absolute atomic E-state index is 0.0200. The number of fused-ring (bicyclic) bond motifs is 1. The van der Waals surface area contributed by atoms with Gasteiger partial charge in [-0.15, -0.1) is 0 Å². The summed E-state index contributed by atoms with van der Waals surface area (Å²) in [5, 5.41) is 10.6. The van der Waals surface area contributed by atoms with Gasteiger partial charge in [0.1, 0.15) is 5.82 Å². The molecule has 3 atom stereocenters. The van der Waals surface area contributed by atoms with Crippen molar-refractivity contribution in [3.8, 4) is 11.3 Å². The van der Waals surface area contributed by atoms with E-state index >= 15 is 0 Å². The molecule has 2 heterocycles. The van der Waals surface area contributed by atoms with Crippen LogP contribution in [0.1, 0.15) is 24.8 Å². The highest BCUT2D eigenvalue weighted by Gasteiger charge is 2.36. The molecule has 1 aliphatic heterocycles. The zero-order valence-electron chi connectivity index (χ0n) is 15.5. The molecule has 0 radical (unpaired) electrons. The summed E-state index contributed by atoms with van der Waals surface area (Å²) in [6.07, 6.45) is 4.59. The quantitative estimate of drug-likeness (QED) is 0.864. The van der Waals surface area contributed by atoms with Gasteiger partial charge in [-0.2, -0.15) is 5.10 Å². The monoisotopic (exact) mass is 372 g/mol. The van der Waals surface area contributed by atoms with E-state index in [0.717, 1.165) is 49.2 Å². The van der Waals surface area contributed by atoms with E-state index in [-0.39, 0.29) is 29.8 Å². The van der Waals surface area contributed by atoms with E-state index in [4.69, 9.17) is 4.74 Å². The summed E-state index contributed by atoms with van der Waals surface area (Å²) in [6, 6.07) is 6.55. The molecule has 1 aliphatic carbocycles. The Bertz CT molecular complexity index is 792. The summed E-state index contributed by atoms with van der Waals surface area (Å²) in [4.78, 5) is 14.7. The van der Waals surface area contributed by atoms with Crippen LogP contribution >= 0.6 is 0 Å². The second-order valence-electron chi connectivity index (χ2n) is 7.45. The van der Waals surface area contributed by atoms with Gasteiger partial charge in [0.25, 0.3) is 0 Å². The number of aromatic nitrogens is 2. The summed E-state index contributed by atoms with van der Waals surface area (Å²) in [6.45, 7) is 2.08. The van der Waals surface area contributed by atoms with Crippen molar-refractivity contribution in [1.29, 1.82) is 0 Å². The number of nitrogens with one attached hydrogen (secondary N) is 2. The van der Waals surface area contributed by atoms with Crippen LogP contribution in [0.3, 0.4) is 0 Å². The van der Waals surface area contributed by atoms with Gasteiger partial charge in [-0.25, -0.2) is 4.39 Å². The van der Waals surface area contributed by atoms with Crippen molar-refractivity contribution in [2.24, 2.45) is 5.92 Å². The van der Waals surface area contributed by atoms with Crippen molar-refractivity contribution in [2.75, 3.05) is 20.2 Å². The predicted molar refractivity (Wildman–Crippen MR) is 99.3 cm³/mol. The zero-order chi connectivity index (χ0) is 18.8. The van der Waals surface area contributed by atoms with Crippen LogP contribution in [0.5, 0.6) is 0 Å². The molecule has 0 bridgehead atoms. The number of hydrogen-bond acceptors (Lipinski definition) is 4. The average molecular weight is 372 g/mol. The summed E-state index contributed by atoms with van der Waals surface area (Å²) >= 11 is 0. The highest BCUT2D eigenvalue weighted by atomic mass is 19.1. The van der Waals surface area contributed by atoms with E-state index in [2.05, 4.69) is 15.5 Å². The average Bonchev–Trinajstić information content (AvgIpc) is 3.15. The minimum atomic E-state index is -0.275. The summed E-state index contributed by atoms with van der Waals surface area (Å²) in [7, 11) is 1.83. The van der Waals surface area contributed by atoms with Gasteiger partial charge in [-0.05, 0) is 43.5 Å². The third kappa shape index (κ3) is 3.89. The number of carbonyl (C=O) groups excluding carboxylic acids is 1. The fraction of sp³-hybridized carbons (Fsp3) is 0.500. The first-order valence-corrected chi connectivity index (χ1v) is 9.50. The third-order valence-electron chi connectivity index (χ3n) is 5.61. The number of amides is 1. The molecule has 1 saturated heterocycles. The number of ether oxygens (including phenoxy) is 1. The van der Waals surface area contributed by atoms with Crippen LogP contribution in [-0.2, 0) is 16.1 Å². The van der Waals surface area contributed by atoms with E-state index < -0.39 is 0 Å². The van der Waals surface area contributed by atoms with Gasteiger partial charge >= 0.3 is 0 Å². The van der Waals surface area contributed by atoms with Crippen LogP contribution in [0.15, 0.2) is 30.5 Å². The predicted octanol–water partition coefficient (Wildman–Crippen LogP) is 2.33. The van der Waals surface area contributed by atoms with Gasteiger partial charge in [0, 0.05) is 43.2 Å². The Morgan fingerprint density at radius 3 is 2.96 bits per heavy atom. The minimum Gasteiger partial charge on any atom is -0.375 e. The maximum absolute atomic E-state index is 13.2. The summed E-state index contributed by atoms with van der Waals surface area (Å²) < 4.78 is 19.0. The Morgan fingerprint density at radius 2 is 2.15 bits per heavy atom. The number of hydrogen-bond donors (Lipinski definition) is 2. The third-order valence-corrected chi connectivity index (χ3v) is 5.61. The number of nitrogens with zero attached hydrogens (tertiary/aromatic N) is 2. The first kappa shape index (κ1) is 18.1. The molecule has 144 valence electrons. The van der Waals surface area contributed by atoms with E-state index in [0.29, 0.717) is 6.54 Å². The molecule has 0 unspecified atom stereocenters. The molecular formula is C20H25FN4O2. The van der Waals surface area contributed by atoms with Crippen molar-refractivity contribution in [3.63, 3.8) is 0 Å². The SMILES string of the molecule is CN(Cc1cn[nH]c1-c1ccc(F)cc1)C(=O)[C@H]1CC[C@H]2OCCN[C@@H]2C1. The maximum atomic E-state index is 13.2. The van der Waals surface area contributed by atoms with Gasteiger partial charge in [-0.1, -0.05) is 0 Å². The lowest BCUT2D eigenvalue weighted by Gasteiger charge is -2.40. The molecule has 2 aliphatic rings. The molecule has 2 fully saturated rings. The summed E-state index contributed by atoms with van der Waals surface area (Å²) in [5.41, 5.74) is 2.60. The number of aromatic amines is 1. The molecule has 27 heavy (non-hydrogen) atoms. The molecule has 1 aromatic heterocycles. The molecule has 6 nitrogen and oxygen atoms in total. The molecule has 2 N–H and O–H groups in total. The van der Waals surface area contributed by atoms with Crippen molar-refractivity contribution in [3.05, 3.63) is 41.8 Å². The molecule has 1 amide bonds. The van der Waals surface area contributed by atoms with Crippen molar-refractivity contribution in [1.82, 2.24) is 20.4 Å². The van der Waals surface area contributed by atoms with E-state index in [1.165, 1.54) is 12.1 Å². The number of rotatable bonds is 4. The first-order valence-electron chi connectivity index (χ1n) is 9.50. The lowest BCUT2D eigenvalue weighted by molar-refractivity contribution is -0.138. The highest BCUT2D eigenvalue weighted by molar-refractivity contribution is 5.79. The van der Waals surface area contributed by atoms with Crippen LogP contribution in [0.2, 0.25) is 0 Å². The van der Waals surface area contributed by atoms with Gasteiger partial charge in [0.15, 0.2) is 0 Å². The summed E-state index contributed by atoms with van der Waals surface area (Å²) in [5.74, 6) is -0.0956. The fourth-order valence-corrected chi connectivity index (χ4v) is 4.18. The Hall–Kier alpha value is -2.25. The van der Waals surface area contributed by atoms with E-state index in [9.17, 15) is 9.18 Å². The number of morpholine rings is 1. The fourth-order valence-electron chi connectivity index (χ4n) is 4.18. The first-order chi connectivity index (χ1) is 13.1. The van der Waals surface area contributed by atoms with Crippen molar-refractivity contribution >= 4 is 5.91 Å². The van der Waals surface area contributed by atoms with Crippen LogP contribution in [-0.4, -0.2) is 53.3 Å². The number of benzene rings is 1. The van der Waals surface area contributed by atoms with Crippen LogP contribution in [0.4, 0.5) is 4.39 Å². The van der Waals surface area contributed by atoms with Gasteiger partial charge in [-0.3, -0.25) is 9.89 Å². The van der Waals surface area contributed by atoms with Gasteiger partial charge in [0.05, 0.1) is 24.6 Å². The largest absolute Gasteiger partial charge is 0.375 e. The normalized spacial score (nSPS) is 25.0. The molecule has 2 aromatic rings. The number of H-pyrrole nitrogens is 1. The second-order valence-corrected chi connectivity index (χ2v) is 7.45. The number of carbonyl (C=O) groups is 1. The number of halogens is 1. The van der Waals surface area contributed by atoms with Gasteiger partial charge < -0.3 is 15.0 Å². The topological polar surface area (TPSA) is 70.2 Å². The molecule has 4 rings (SSSR count). The highest BCUT2D eigenvalue weighted by Crippen LogP contribution is 2.30. The molecule has 0 spiro atoms. The standard InChI is InChI=1S/C20H25FN4O2/c1-25(20(26)14-4-7-18-17(10-14)22-8-9-27-18)12-15-11-23-24-19(15)13-2-5-16(21)6-3-13/h2-3,5-6,11,14,17-18,22H,4,7-10,12H2,1H3,(H,23,24)/t14-,17+,18+/m0/s1. The zero-order valence-corrected chi connectivity index (χ0v) is 15.5. The Labute approximate surface area is 158 Å². The molecule has 7 heteroatoms. The Balaban J connectivity index is 1.42. The van der Waals surface area contributed by atoms with E-state index in [1.54, 1.807) is 23.2 Å². The molecule has 1 aromatic carbocycles.